The number of aryl methyl sites for hydroxylation is 1. The first-order valence-electron chi connectivity index (χ1n) is 8.20. The number of hydrogen-bond acceptors (Lipinski definition) is 3. The topological polar surface area (TPSA) is 51.5 Å². The summed E-state index contributed by atoms with van der Waals surface area (Å²) >= 11 is 3.54. The second-order valence-electron chi connectivity index (χ2n) is 6.14. The van der Waals surface area contributed by atoms with Crippen LogP contribution in [0.5, 0.6) is 5.75 Å². The number of unbranched alkanes of at least 4 members (excludes halogenated alkanes) is 1. The van der Waals surface area contributed by atoms with E-state index in [4.69, 9.17) is 4.74 Å². The van der Waals surface area contributed by atoms with Gasteiger partial charge in [0.05, 0.1) is 24.3 Å². The molecule has 0 bridgehead atoms. The molecule has 0 radical (unpaired) electrons. The molecule has 1 aliphatic carbocycles. The second kappa shape index (κ2) is 6.65. The Bertz CT molecular complexity index is 793. The quantitative estimate of drug-likeness (QED) is 0.769. The standard InChI is InChI=1S/C18H22BrNO3/c1-3-4-9-23-17-15(10-21)20(12-5-6-12)18(22)13-7-8-14(19)11(2)16(13)17/h7-8,12,21H,3-6,9-10H2,1-2H3. The maximum absolute atomic E-state index is 12.9. The number of hydrogen-bond donors (Lipinski definition) is 1. The third-order valence-electron chi connectivity index (χ3n) is 4.43. The molecule has 0 amide bonds. The van der Waals surface area contributed by atoms with E-state index in [2.05, 4.69) is 22.9 Å². The highest BCUT2D eigenvalue weighted by atomic mass is 79.9. The van der Waals surface area contributed by atoms with Crippen LogP contribution in [0.2, 0.25) is 0 Å². The van der Waals surface area contributed by atoms with Crippen molar-refractivity contribution >= 4 is 26.7 Å². The van der Waals surface area contributed by atoms with Crippen LogP contribution in [-0.4, -0.2) is 16.3 Å². The van der Waals surface area contributed by atoms with Gasteiger partial charge in [0.25, 0.3) is 5.56 Å². The van der Waals surface area contributed by atoms with Gasteiger partial charge in [-0.25, -0.2) is 0 Å². The molecule has 1 saturated carbocycles. The number of aromatic nitrogens is 1. The number of aliphatic hydroxyl groups is 1. The molecule has 3 rings (SSSR count). The van der Waals surface area contributed by atoms with E-state index in [1.165, 1.54) is 0 Å². The number of aliphatic hydroxyl groups excluding tert-OH is 1. The Morgan fingerprint density at radius 3 is 2.74 bits per heavy atom. The average Bonchev–Trinajstić information content (AvgIpc) is 3.37. The number of pyridine rings is 1. The van der Waals surface area contributed by atoms with Crippen molar-refractivity contribution in [3.8, 4) is 5.75 Å². The van der Waals surface area contributed by atoms with E-state index in [0.29, 0.717) is 23.4 Å². The van der Waals surface area contributed by atoms with Crippen molar-refractivity contribution in [2.75, 3.05) is 6.61 Å². The number of fused-ring (bicyclic) bond motifs is 1. The van der Waals surface area contributed by atoms with E-state index >= 15 is 0 Å². The number of halogens is 1. The molecule has 0 unspecified atom stereocenters. The van der Waals surface area contributed by atoms with Crippen molar-refractivity contribution in [2.24, 2.45) is 0 Å². The predicted octanol–water partition coefficient (Wildman–Crippen LogP) is 4.08. The maximum Gasteiger partial charge on any atom is 0.259 e. The Morgan fingerprint density at radius 2 is 2.13 bits per heavy atom. The molecular weight excluding hydrogens is 358 g/mol. The molecule has 2 aromatic rings. The molecule has 0 spiro atoms. The Hall–Kier alpha value is -1.33. The molecule has 23 heavy (non-hydrogen) atoms. The lowest BCUT2D eigenvalue weighted by Crippen LogP contribution is -2.24. The van der Waals surface area contributed by atoms with Crippen LogP contribution in [0, 0.1) is 6.92 Å². The van der Waals surface area contributed by atoms with Crippen LogP contribution in [0.1, 0.15) is 49.9 Å². The zero-order valence-electron chi connectivity index (χ0n) is 13.6. The molecule has 1 aliphatic rings. The first-order chi connectivity index (χ1) is 11.1. The zero-order chi connectivity index (χ0) is 16.6. The number of rotatable bonds is 6. The van der Waals surface area contributed by atoms with Crippen LogP contribution in [0.4, 0.5) is 0 Å². The lowest BCUT2D eigenvalue weighted by atomic mass is 10.0. The van der Waals surface area contributed by atoms with E-state index in [1.807, 2.05) is 19.1 Å². The van der Waals surface area contributed by atoms with E-state index in [9.17, 15) is 9.90 Å². The van der Waals surface area contributed by atoms with Gasteiger partial charge in [-0.3, -0.25) is 4.79 Å². The summed E-state index contributed by atoms with van der Waals surface area (Å²) in [5.74, 6) is 0.668. The van der Waals surface area contributed by atoms with Crippen LogP contribution in [0.25, 0.3) is 10.8 Å². The van der Waals surface area contributed by atoms with Crippen molar-refractivity contribution in [1.82, 2.24) is 4.57 Å². The Balaban J connectivity index is 2.31. The molecule has 1 N–H and O–H groups in total. The molecule has 1 aromatic heterocycles. The van der Waals surface area contributed by atoms with Gasteiger partial charge in [-0.05, 0) is 43.9 Å². The third-order valence-corrected chi connectivity index (χ3v) is 5.29. The van der Waals surface area contributed by atoms with Crippen molar-refractivity contribution in [1.29, 1.82) is 0 Å². The largest absolute Gasteiger partial charge is 0.491 e. The van der Waals surface area contributed by atoms with Crippen LogP contribution in [-0.2, 0) is 6.61 Å². The minimum absolute atomic E-state index is 0.0232. The minimum Gasteiger partial charge on any atom is -0.491 e. The molecular formula is C18H22BrNO3. The van der Waals surface area contributed by atoms with Crippen LogP contribution in [0.3, 0.4) is 0 Å². The zero-order valence-corrected chi connectivity index (χ0v) is 15.1. The minimum atomic E-state index is -0.185. The van der Waals surface area contributed by atoms with Gasteiger partial charge in [-0.2, -0.15) is 0 Å². The van der Waals surface area contributed by atoms with Crippen LogP contribution in [0.15, 0.2) is 21.4 Å². The first-order valence-corrected chi connectivity index (χ1v) is 8.99. The first kappa shape index (κ1) is 16.5. The fraction of sp³-hybridized carbons (Fsp3) is 0.500. The van der Waals surface area contributed by atoms with Gasteiger partial charge in [0.15, 0.2) is 0 Å². The molecule has 5 heteroatoms. The van der Waals surface area contributed by atoms with E-state index < -0.39 is 0 Å². The molecule has 0 saturated heterocycles. The van der Waals surface area contributed by atoms with Gasteiger partial charge in [0, 0.05) is 15.9 Å². The fourth-order valence-corrected chi connectivity index (χ4v) is 3.33. The number of ether oxygens (including phenoxy) is 1. The van der Waals surface area contributed by atoms with E-state index in [0.717, 1.165) is 41.1 Å². The summed E-state index contributed by atoms with van der Waals surface area (Å²) in [4.78, 5) is 12.9. The SMILES string of the molecule is CCCCOc1c(CO)n(C2CC2)c(=O)c2ccc(Br)c(C)c12. The highest BCUT2D eigenvalue weighted by molar-refractivity contribution is 9.10. The predicted molar refractivity (Wildman–Crippen MR) is 95.2 cm³/mol. The fourth-order valence-electron chi connectivity index (χ4n) is 3.00. The lowest BCUT2D eigenvalue weighted by Gasteiger charge is -2.20. The van der Waals surface area contributed by atoms with Crippen LogP contribution >= 0.6 is 15.9 Å². The van der Waals surface area contributed by atoms with Crippen molar-refractivity contribution < 1.29 is 9.84 Å². The molecule has 1 aromatic carbocycles. The molecule has 124 valence electrons. The molecule has 4 nitrogen and oxygen atoms in total. The Kier molecular flexibility index (Phi) is 4.78. The smallest absolute Gasteiger partial charge is 0.259 e. The summed E-state index contributed by atoms with van der Waals surface area (Å²) in [6, 6.07) is 3.96. The Morgan fingerprint density at radius 1 is 1.39 bits per heavy atom. The third kappa shape index (κ3) is 2.92. The van der Waals surface area contributed by atoms with Gasteiger partial charge in [0.2, 0.25) is 0 Å². The van der Waals surface area contributed by atoms with Crippen molar-refractivity contribution in [3.05, 3.63) is 38.2 Å². The van der Waals surface area contributed by atoms with E-state index in [-0.39, 0.29) is 18.2 Å². The highest BCUT2D eigenvalue weighted by Crippen LogP contribution is 2.40. The number of benzene rings is 1. The van der Waals surface area contributed by atoms with Gasteiger partial charge < -0.3 is 14.4 Å². The summed E-state index contributed by atoms with van der Waals surface area (Å²) in [7, 11) is 0. The van der Waals surface area contributed by atoms with Crippen molar-refractivity contribution in [3.63, 3.8) is 0 Å². The normalized spacial score (nSPS) is 14.4. The maximum atomic E-state index is 12.9. The summed E-state index contributed by atoms with van der Waals surface area (Å²) < 4.78 is 8.74. The summed E-state index contributed by atoms with van der Waals surface area (Å²) in [5.41, 5.74) is 1.57. The van der Waals surface area contributed by atoms with Crippen LogP contribution < -0.4 is 10.3 Å². The molecule has 0 aliphatic heterocycles. The van der Waals surface area contributed by atoms with Gasteiger partial charge in [0.1, 0.15) is 5.75 Å². The Labute approximate surface area is 144 Å². The summed E-state index contributed by atoms with van der Waals surface area (Å²) in [6.45, 7) is 4.49. The van der Waals surface area contributed by atoms with Gasteiger partial charge in [-0.1, -0.05) is 29.3 Å². The second-order valence-corrected chi connectivity index (χ2v) is 6.99. The molecule has 0 atom stereocenters. The summed E-state index contributed by atoms with van der Waals surface area (Å²) in [5, 5.41) is 11.4. The van der Waals surface area contributed by atoms with Gasteiger partial charge in [-0.15, -0.1) is 0 Å². The summed E-state index contributed by atoms with van der Waals surface area (Å²) in [6.07, 6.45) is 3.96. The van der Waals surface area contributed by atoms with Crippen molar-refractivity contribution in [2.45, 2.75) is 52.2 Å². The van der Waals surface area contributed by atoms with Gasteiger partial charge >= 0.3 is 0 Å². The highest BCUT2D eigenvalue weighted by Gasteiger charge is 2.30. The molecule has 1 fully saturated rings. The molecule has 1 heterocycles. The van der Waals surface area contributed by atoms with E-state index in [1.54, 1.807) is 4.57 Å². The lowest BCUT2D eigenvalue weighted by molar-refractivity contribution is 0.248. The monoisotopic (exact) mass is 379 g/mol. The average molecular weight is 380 g/mol. The number of nitrogens with zero attached hydrogens (tertiary/aromatic N) is 1.